The second kappa shape index (κ2) is 9.01. The van der Waals surface area contributed by atoms with Gasteiger partial charge in [-0.3, -0.25) is 0 Å². The fourth-order valence-electron chi connectivity index (χ4n) is 2.58. The van der Waals surface area contributed by atoms with E-state index < -0.39 is 23.8 Å². The minimum Gasteiger partial charge on any atom is -0.474 e. The smallest absolute Gasteiger partial charge is 0.416 e. The summed E-state index contributed by atoms with van der Waals surface area (Å²) in [5.41, 5.74) is 0.308. The molecule has 0 aliphatic rings. The number of benzene rings is 3. The van der Waals surface area contributed by atoms with Crippen LogP contribution in [0.4, 0.5) is 13.2 Å². The minimum absolute atomic E-state index is 0.00964. The topological polar surface area (TPSA) is 35.5 Å². The second-order valence-electron chi connectivity index (χ2n) is 6.17. The summed E-state index contributed by atoms with van der Waals surface area (Å²) in [5, 5.41) is 0.448. The highest BCUT2D eigenvalue weighted by Gasteiger charge is 2.31. The predicted octanol–water partition coefficient (Wildman–Crippen LogP) is 6.22. The number of rotatable bonds is 6. The zero-order valence-corrected chi connectivity index (χ0v) is 15.8. The third-order valence-corrected chi connectivity index (χ3v) is 4.28. The van der Waals surface area contributed by atoms with E-state index in [1.807, 2.05) is 6.07 Å². The molecule has 0 radical (unpaired) electrons. The number of hydrogen-bond donors (Lipinski definition) is 0. The Kier molecular flexibility index (Phi) is 6.44. The van der Waals surface area contributed by atoms with E-state index in [0.29, 0.717) is 10.6 Å². The molecule has 3 aromatic carbocycles. The number of alkyl halides is 3. The Morgan fingerprint density at radius 1 is 0.931 bits per heavy atom. The third kappa shape index (κ3) is 5.74. The van der Waals surface area contributed by atoms with Gasteiger partial charge in [0.25, 0.3) is 0 Å². The molecule has 0 N–H and O–H groups in total. The summed E-state index contributed by atoms with van der Waals surface area (Å²) in [4.78, 5) is 12.7. The molecule has 0 heterocycles. The van der Waals surface area contributed by atoms with Crippen LogP contribution in [0.3, 0.4) is 0 Å². The Bertz CT molecular complexity index is 957. The van der Waals surface area contributed by atoms with Gasteiger partial charge in [0.15, 0.2) is 0 Å². The van der Waals surface area contributed by atoms with Crippen molar-refractivity contribution >= 4 is 17.6 Å². The molecule has 0 saturated carbocycles. The molecule has 3 aromatic rings. The maximum Gasteiger partial charge on any atom is 0.416 e. The highest BCUT2D eigenvalue weighted by Crippen LogP contribution is 2.33. The Morgan fingerprint density at radius 3 is 2.28 bits per heavy atom. The van der Waals surface area contributed by atoms with Crippen molar-refractivity contribution < 1.29 is 27.4 Å². The van der Waals surface area contributed by atoms with Gasteiger partial charge in [-0.05, 0) is 35.9 Å². The van der Waals surface area contributed by atoms with Crippen LogP contribution in [0.5, 0.6) is 5.75 Å². The first kappa shape index (κ1) is 20.7. The highest BCUT2D eigenvalue weighted by molar-refractivity contribution is 6.30. The van der Waals surface area contributed by atoms with Gasteiger partial charge in [0, 0.05) is 10.6 Å². The van der Waals surface area contributed by atoms with Crippen molar-refractivity contribution in [2.75, 3.05) is 0 Å². The fraction of sp³-hybridized carbons (Fsp3) is 0.136. The van der Waals surface area contributed by atoms with Gasteiger partial charge in [0.1, 0.15) is 12.4 Å². The zero-order valence-electron chi connectivity index (χ0n) is 15.0. The minimum atomic E-state index is -4.52. The summed E-state index contributed by atoms with van der Waals surface area (Å²) in [5.74, 6) is -0.829. The largest absolute Gasteiger partial charge is 0.474 e. The van der Waals surface area contributed by atoms with Gasteiger partial charge in [-0.15, -0.1) is 0 Å². The number of carbonyl (C=O) groups excluding carboxylic acids is 1. The summed E-state index contributed by atoms with van der Waals surface area (Å²) in [6.07, 6.45) is -5.78. The first-order valence-electron chi connectivity index (χ1n) is 8.63. The summed E-state index contributed by atoms with van der Waals surface area (Å²) in [7, 11) is 0. The van der Waals surface area contributed by atoms with Gasteiger partial charge in [-0.1, -0.05) is 60.1 Å². The Labute approximate surface area is 170 Å². The van der Waals surface area contributed by atoms with Crippen LogP contribution >= 0.6 is 11.6 Å². The predicted molar refractivity (Wildman–Crippen MR) is 103 cm³/mol. The van der Waals surface area contributed by atoms with Gasteiger partial charge in [0.05, 0.1) is 5.56 Å². The fourth-order valence-corrected chi connectivity index (χ4v) is 2.70. The lowest BCUT2D eigenvalue weighted by atomic mass is 10.1. The average molecular weight is 421 g/mol. The molecule has 7 heteroatoms. The Hall–Kier alpha value is -2.99. The molecule has 0 fully saturated rings. The maximum absolute atomic E-state index is 13.0. The molecular formula is C22H16ClF3O3. The standard InChI is InChI=1S/C22H16ClF3O3/c23-18-11-9-16(10-12-18)20(21(27)28-14-15-5-2-1-3-6-15)29-19-8-4-7-17(13-19)22(24,25)26/h1-13,20H,14H2. The van der Waals surface area contributed by atoms with E-state index in [4.69, 9.17) is 21.1 Å². The van der Waals surface area contributed by atoms with E-state index in [0.717, 1.165) is 17.7 Å². The van der Waals surface area contributed by atoms with Crippen LogP contribution < -0.4 is 4.74 Å². The molecule has 0 saturated heterocycles. The average Bonchev–Trinajstić information content (AvgIpc) is 2.71. The number of hydrogen-bond acceptors (Lipinski definition) is 3. The van der Waals surface area contributed by atoms with Crippen LogP contribution in [0.2, 0.25) is 5.02 Å². The summed E-state index contributed by atoms with van der Waals surface area (Å²) >= 11 is 5.89. The van der Waals surface area contributed by atoms with Crippen LogP contribution in [-0.2, 0) is 22.3 Å². The van der Waals surface area contributed by atoms with Crippen molar-refractivity contribution in [3.05, 3.63) is 101 Å². The molecule has 29 heavy (non-hydrogen) atoms. The SMILES string of the molecule is O=C(OCc1ccccc1)C(Oc1cccc(C(F)(F)F)c1)c1ccc(Cl)cc1. The molecule has 3 rings (SSSR count). The lowest BCUT2D eigenvalue weighted by molar-refractivity contribution is -0.153. The van der Waals surface area contributed by atoms with Crippen LogP contribution in [0, 0.1) is 0 Å². The summed E-state index contributed by atoms with van der Waals surface area (Å²) in [6, 6.07) is 19.6. The van der Waals surface area contributed by atoms with Gasteiger partial charge >= 0.3 is 12.1 Å². The highest BCUT2D eigenvalue weighted by atomic mass is 35.5. The third-order valence-electron chi connectivity index (χ3n) is 4.03. The number of halogens is 4. The second-order valence-corrected chi connectivity index (χ2v) is 6.60. The van der Waals surface area contributed by atoms with Crippen LogP contribution in [-0.4, -0.2) is 5.97 Å². The van der Waals surface area contributed by atoms with E-state index in [9.17, 15) is 18.0 Å². The van der Waals surface area contributed by atoms with Crippen LogP contribution in [0.15, 0.2) is 78.9 Å². The molecule has 1 atom stereocenters. The summed E-state index contributed by atoms with van der Waals surface area (Å²) < 4.78 is 49.9. The van der Waals surface area contributed by atoms with E-state index in [2.05, 4.69) is 0 Å². The van der Waals surface area contributed by atoms with E-state index in [1.54, 1.807) is 48.5 Å². The first-order chi connectivity index (χ1) is 13.8. The molecule has 0 bridgehead atoms. The molecule has 0 amide bonds. The number of esters is 1. The van der Waals surface area contributed by atoms with Crippen LogP contribution in [0.25, 0.3) is 0 Å². The van der Waals surface area contributed by atoms with Crippen LogP contribution in [0.1, 0.15) is 22.8 Å². The molecule has 0 aromatic heterocycles. The molecule has 150 valence electrons. The van der Waals surface area contributed by atoms with Gasteiger partial charge in [-0.25, -0.2) is 4.79 Å². The van der Waals surface area contributed by atoms with E-state index >= 15 is 0 Å². The van der Waals surface area contributed by atoms with Crippen molar-refractivity contribution in [3.63, 3.8) is 0 Å². The van der Waals surface area contributed by atoms with Gasteiger partial charge < -0.3 is 9.47 Å². The van der Waals surface area contributed by atoms with Gasteiger partial charge in [-0.2, -0.15) is 13.2 Å². The quantitative estimate of drug-likeness (QED) is 0.444. The zero-order chi connectivity index (χ0) is 20.9. The molecular weight excluding hydrogens is 405 g/mol. The van der Waals surface area contributed by atoms with Crippen molar-refractivity contribution in [2.24, 2.45) is 0 Å². The molecule has 0 aliphatic heterocycles. The molecule has 0 spiro atoms. The van der Waals surface area contributed by atoms with Crippen molar-refractivity contribution in [3.8, 4) is 5.75 Å². The van der Waals surface area contributed by atoms with E-state index in [1.165, 1.54) is 12.1 Å². The Morgan fingerprint density at radius 2 is 1.62 bits per heavy atom. The number of ether oxygens (including phenoxy) is 2. The molecule has 0 aliphatic carbocycles. The summed E-state index contributed by atoms with van der Waals surface area (Å²) in [6.45, 7) is 0.00964. The molecule has 3 nitrogen and oxygen atoms in total. The number of carbonyl (C=O) groups is 1. The Balaban J connectivity index is 1.83. The van der Waals surface area contributed by atoms with Crippen molar-refractivity contribution in [2.45, 2.75) is 18.9 Å². The van der Waals surface area contributed by atoms with Crippen molar-refractivity contribution in [1.29, 1.82) is 0 Å². The lowest BCUT2D eigenvalue weighted by Crippen LogP contribution is -2.21. The monoisotopic (exact) mass is 420 g/mol. The van der Waals surface area contributed by atoms with E-state index in [-0.39, 0.29) is 12.4 Å². The first-order valence-corrected chi connectivity index (χ1v) is 9.00. The normalized spacial score (nSPS) is 12.3. The maximum atomic E-state index is 13.0. The van der Waals surface area contributed by atoms with Gasteiger partial charge in [0.2, 0.25) is 6.10 Å². The lowest BCUT2D eigenvalue weighted by Gasteiger charge is -2.19. The van der Waals surface area contributed by atoms with Crippen molar-refractivity contribution in [1.82, 2.24) is 0 Å². The molecule has 1 unspecified atom stereocenters.